The number of aryl methyl sites for hydroxylation is 2. The predicted molar refractivity (Wildman–Crippen MR) is 101 cm³/mol. The number of hydrogen-bond donors (Lipinski definition) is 1. The van der Waals surface area contributed by atoms with Crippen LogP contribution in [0.25, 0.3) is 5.69 Å². The van der Waals surface area contributed by atoms with Crippen molar-refractivity contribution in [2.24, 2.45) is 0 Å². The van der Waals surface area contributed by atoms with Crippen molar-refractivity contribution in [2.75, 3.05) is 5.32 Å². The number of benzene rings is 2. The summed E-state index contributed by atoms with van der Waals surface area (Å²) in [7, 11) is 0. The second kappa shape index (κ2) is 8.05. The summed E-state index contributed by atoms with van der Waals surface area (Å²) in [6, 6.07) is 9.45. The molecule has 1 atom stereocenters. The number of carbonyl (C=O) groups is 1. The monoisotopic (exact) mass is 406 g/mol. The SMILES string of the molecule is Cc1ccc(-n2c(C)nnc2SC(C)C(=O)Nc2ccc(F)c(F)c2F)cc1. The Hall–Kier alpha value is -2.81. The Labute approximate surface area is 164 Å². The van der Waals surface area contributed by atoms with E-state index in [4.69, 9.17) is 0 Å². The van der Waals surface area contributed by atoms with Gasteiger partial charge in [-0.25, -0.2) is 13.2 Å². The lowest BCUT2D eigenvalue weighted by molar-refractivity contribution is -0.115. The fraction of sp³-hybridized carbons (Fsp3) is 0.211. The van der Waals surface area contributed by atoms with Gasteiger partial charge in [0, 0.05) is 5.69 Å². The molecule has 1 N–H and O–H groups in total. The van der Waals surface area contributed by atoms with E-state index in [1.165, 1.54) is 0 Å². The van der Waals surface area contributed by atoms with Crippen LogP contribution in [0.15, 0.2) is 41.6 Å². The number of thioether (sulfide) groups is 1. The van der Waals surface area contributed by atoms with Crippen LogP contribution in [0, 0.1) is 31.3 Å². The van der Waals surface area contributed by atoms with E-state index in [2.05, 4.69) is 15.5 Å². The molecule has 1 aromatic heterocycles. The molecule has 1 heterocycles. The molecule has 0 saturated carbocycles. The Kier molecular flexibility index (Phi) is 5.73. The van der Waals surface area contributed by atoms with Crippen LogP contribution >= 0.6 is 11.8 Å². The van der Waals surface area contributed by atoms with Gasteiger partial charge in [-0.3, -0.25) is 9.36 Å². The van der Waals surface area contributed by atoms with Crippen molar-refractivity contribution < 1.29 is 18.0 Å². The highest BCUT2D eigenvalue weighted by Crippen LogP contribution is 2.27. The summed E-state index contributed by atoms with van der Waals surface area (Å²) in [5.41, 5.74) is 1.52. The minimum atomic E-state index is -1.63. The maximum absolute atomic E-state index is 13.8. The third-order valence-corrected chi connectivity index (χ3v) is 5.07. The summed E-state index contributed by atoms with van der Waals surface area (Å²) in [5, 5.41) is 10.2. The Morgan fingerprint density at radius 3 is 2.39 bits per heavy atom. The van der Waals surface area contributed by atoms with E-state index in [9.17, 15) is 18.0 Å². The van der Waals surface area contributed by atoms with Crippen LogP contribution in [0.1, 0.15) is 18.3 Å². The van der Waals surface area contributed by atoms with Gasteiger partial charge in [-0.05, 0) is 45.0 Å². The topological polar surface area (TPSA) is 59.8 Å². The summed E-state index contributed by atoms with van der Waals surface area (Å²) in [6.07, 6.45) is 0. The predicted octanol–water partition coefficient (Wildman–Crippen LogP) is 4.42. The smallest absolute Gasteiger partial charge is 0.237 e. The third-order valence-electron chi connectivity index (χ3n) is 4.03. The molecule has 3 rings (SSSR count). The number of nitrogens with one attached hydrogen (secondary N) is 1. The fourth-order valence-corrected chi connectivity index (χ4v) is 3.39. The van der Waals surface area contributed by atoms with Gasteiger partial charge in [-0.1, -0.05) is 29.5 Å². The highest BCUT2D eigenvalue weighted by Gasteiger charge is 2.22. The molecular formula is C19H17F3N4OS. The highest BCUT2D eigenvalue weighted by atomic mass is 32.2. The molecule has 2 aromatic carbocycles. The second-order valence-electron chi connectivity index (χ2n) is 6.17. The minimum Gasteiger partial charge on any atom is -0.323 e. The van der Waals surface area contributed by atoms with Crippen LogP contribution in [0.4, 0.5) is 18.9 Å². The zero-order valence-electron chi connectivity index (χ0n) is 15.3. The molecule has 3 aromatic rings. The minimum absolute atomic E-state index is 0.424. The van der Waals surface area contributed by atoms with Crippen LogP contribution < -0.4 is 5.32 Å². The Balaban J connectivity index is 1.78. The first-order valence-electron chi connectivity index (χ1n) is 8.38. The van der Waals surface area contributed by atoms with Gasteiger partial charge in [0.1, 0.15) is 5.82 Å². The molecule has 0 bridgehead atoms. The van der Waals surface area contributed by atoms with Crippen molar-refractivity contribution in [3.8, 4) is 5.69 Å². The molecule has 0 aliphatic carbocycles. The van der Waals surface area contributed by atoms with Crippen molar-refractivity contribution in [3.05, 3.63) is 65.2 Å². The van der Waals surface area contributed by atoms with E-state index < -0.39 is 34.3 Å². The summed E-state index contributed by atoms with van der Waals surface area (Å²) >= 11 is 1.12. The van der Waals surface area contributed by atoms with E-state index in [1.54, 1.807) is 18.4 Å². The number of amides is 1. The van der Waals surface area contributed by atoms with Gasteiger partial charge in [0.2, 0.25) is 5.91 Å². The van der Waals surface area contributed by atoms with Crippen molar-refractivity contribution in [1.29, 1.82) is 0 Å². The average molecular weight is 406 g/mol. The molecule has 5 nitrogen and oxygen atoms in total. The van der Waals surface area contributed by atoms with Crippen LogP contribution in [0.5, 0.6) is 0 Å². The van der Waals surface area contributed by atoms with Gasteiger partial charge in [0.05, 0.1) is 10.9 Å². The van der Waals surface area contributed by atoms with Gasteiger partial charge >= 0.3 is 0 Å². The first kappa shape index (κ1) is 19.9. The van der Waals surface area contributed by atoms with Crippen molar-refractivity contribution in [1.82, 2.24) is 14.8 Å². The lowest BCUT2D eigenvalue weighted by Crippen LogP contribution is -2.23. The maximum Gasteiger partial charge on any atom is 0.237 e. The quantitative estimate of drug-likeness (QED) is 0.503. The molecule has 0 aliphatic rings. The molecule has 1 amide bonds. The lowest BCUT2D eigenvalue weighted by atomic mass is 10.2. The Morgan fingerprint density at radius 2 is 1.71 bits per heavy atom. The van der Waals surface area contributed by atoms with Crippen molar-refractivity contribution >= 4 is 23.4 Å². The number of hydrogen-bond acceptors (Lipinski definition) is 4. The first-order valence-corrected chi connectivity index (χ1v) is 9.26. The summed E-state index contributed by atoms with van der Waals surface area (Å²) in [5.74, 6) is -4.33. The molecular weight excluding hydrogens is 389 g/mol. The molecule has 9 heteroatoms. The molecule has 146 valence electrons. The van der Waals surface area contributed by atoms with Crippen LogP contribution in [0.3, 0.4) is 0 Å². The normalized spacial score (nSPS) is 12.1. The molecule has 0 saturated heterocycles. The van der Waals surface area contributed by atoms with Gasteiger partial charge in [-0.15, -0.1) is 10.2 Å². The van der Waals surface area contributed by atoms with Crippen molar-refractivity contribution in [2.45, 2.75) is 31.2 Å². The number of rotatable bonds is 5. The number of anilines is 1. The third kappa shape index (κ3) is 4.04. The lowest BCUT2D eigenvalue weighted by Gasteiger charge is -2.14. The van der Waals surface area contributed by atoms with Crippen LogP contribution in [-0.4, -0.2) is 25.9 Å². The molecule has 0 radical (unpaired) electrons. The van der Waals surface area contributed by atoms with E-state index in [1.807, 2.05) is 31.2 Å². The van der Waals surface area contributed by atoms with Crippen LogP contribution in [0.2, 0.25) is 0 Å². The largest absolute Gasteiger partial charge is 0.323 e. The van der Waals surface area contributed by atoms with E-state index in [0.717, 1.165) is 35.1 Å². The molecule has 0 spiro atoms. The zero-order valence-corrected chi connectivity index (χ0v) is 16.1. The summed E-state index contributed by atoms with van der Waals surface area (Å²) < 4.78 is 41.9. The van der Waals surface area contributed by atoms with E-state index in [-0.39, 0.29) is 0 Å². The summed E-state index contributed by atoms with van der Waals surface area (Å²) in [4.78, 5) is 12.4. The van der Waals surface area contributed by atoms with Gasteiger partial charge in [0.25, 0.3) is 0 Å². The van der Waals surface area contributed by atoms with Gasteiger partial charge in [-0.2, -0.15) is 0 Å². The van der Waals surface area contributed by atoms with E-state index in [0.29, 0.717) is 11.0 Å². The highest BCUT2D eigenvalue weighted by molar-refractivity contribution is 8.00. The van der Waals surface area contributed by atoms with Crippen molar-refractivity contribution in [3.63, 3.8) is 0 Å². The van der Waals surface area contributed by atoms with E-state index >= 15 is 0 Å². The average Bonchev–Trinajstić information content (AvgIpc) is 3.03. The Bertz CT molecular complexity index is 1020. The number of carbonyl (C=O) groups excluding carboxylic acids is 1. The zero-order chi connectivity index (χ0) is 20.4. The molecule has 1 unspecified atom stereocenters. The van der Waals surface area contributed by atoms with Gasteiger partial charge < -0.3 is 5.32 Å². The van der Waals surface area contributed by atoms with Gasteiger partial charge in [0.15, 0.2) is 22.6 Å². The molecule has 0 fully saturated rings. The number of nitrogens with zero attached hydrogens (tertiary/aromatic N) is 3. The number of aromatic nitrogens is 3. The molecule has 0 aliphatic heterocycles. The fourth-order valence-electron chi connectivity index (χ4n) is 2.48. The summed E-state index contributed by atoms with van der Waals surface area (Å²) in [6.45, 7) is 5.36. The maximum atomic E-state index is 13.8. The van der Waals surface area contributed by atoms with Crippen LogP contribution in [-0.2, 0) is 4.79 Å². The second-order valence-corrected chi connectivity index (χ2v) is 7.48. The Morgan fingerprint density at radius 1 is 1.04 bits per heavy atom. The first-order chi connectivity index (χ1) is 13.3. The molecule has 28 heavy (non-hydrogen) atoms. The standard InChI is InChI=1S/C19H17F3N4OS/c1-10-4-6-13(7-5-10)26-12(3)24-25-19(26)28-11(2)18(27)23-15-9-8-14(20)16(21)17(15)22/h4-9,11H,1-3H3,(H,23,27). The number of halogens is 3.